The van der Waals surface area contributed by atoms with Crippen LogP contribution in [0.1, 0.15) is 45.4 Å². The summed E-state index contributed by atoms with van der Waals surface area (Å²) in [6.07, 6.45) is 8.43. The van der Waals surface area contributed by atoms with Gasteiger partial charge in [0.05, 0.1) is 0 Å². The molecule has 0 amide bonds. The van der Waals surface area contributed by atoms with Crippen molar-refractivity contribution in [1.29, 1.82) is 0 Å². The van der Waals surface area contributed by atoms with E-state index in [1.54, 1.807) is 0 Å². The molecule has 1 N–H and O–H groups in total. The van der Waals surface area contributed by atoms with Crippen molar-refractivity contribution in [3.05, 3.63) is 0 Å². The number of nitrogens with zero attached hydrogens (tertiary/aromatic N) is 1. The molecule has 0 bridgehead atoms. The summed E-state index contributed by atoms with van der Waals surface area (Å²) in [7, 11) is 0. The smallest absolute Gasteiger partial charge is 0.0195 e. The molecule has 2 unspecified atom stereocenters. The zero-order chi connectivity index (χ0) is 9.80. The molecular weight excluding hydrogens is 172 g/mol. The van der Waals surface area contributed by atoms with Crippen molar-refractivity contribution in [2.75, 3.05) is 19.6 Å². The van der Waals surface area contributed by atoms with Crippen molar-refractivity contribution in [1.82, 2.24) is 10.2 Å². The van der Waals surface area contributed by atoms with E-state index in [1.165, 1.54) is 58.2 Å². The van der Waals surface area contributed by atoms with Crippen LogP contribution in [0.2, 0.25) is 0 Å². The van der Waals surface area contributed by atoms with Gasteiger partial charge in [0.15, 0.2) is 0 Å². The van der Waals surface area contributed by atoms with Crippen LogP contribution in [0.15, 0.2) is 0 Å². The Labute approximate surface area is 88.1 Å². The van der Waals surface area contributed by atoms with Gasteiger partial charge in [-0.2, -0.15) is 0 Å². The summed E-state index contributed by atoms with van der Waals surface area (Å²) in [4.78, 5) is 2.73. The van der Waals surface area contributed by atoms with E-state index in [0.717, 1.165) is 12.1 Å². The Morgan fingerprint density at radius 1 is 1.21 bits per heavy atom. The van der Waals surface area contributed by atoms with E-state index in [-0.39, 0.29) is 0 Å². The Balaban J connectivity index is 1.81. The van der Waals surface area contributed by atoms with Crippen molar-refractivity contribution < 1.29 is 0 Å². The molecular formula is C12H24N2. The molecule has 2 aliphatic rings. The maximum absolute atomic E-state index is 3.61. The van der Waals surface area contributed by atoms with Gasteiger partial charge in [0, 0.05) is 18.6 Å². The van der Waals surface area contributed by atoms with E-state index in [0.29, 0.717) is 0 Å². The zero-order valence-corrected chi connectivity index (χ0v) is 9.47. The van der Waals surface area contributed by atoms with Gasteiger partial charge in [0.2, 0.25) is 0 Å². The van der Waals surface area contributed by atoms with Crippen molar-refractivity contribution in [3.63, 3.8) is 0 Å². The SMILES string of the molecule is CCC1CCCCN1CC1CCCN1. The summed E-state index contributed by atoms with van der Waals surface area (Å²) < 4.78 is 0. The van der Waals surface area contributed by atoms with Crippen LogP contribution in [0.3, 0.4) is 0 Å². The van der Waals surface area contributed by atoms with Gasteiger partial charge >= 0.3 is 0 Å². The minimum Gasteiger partial charge on any atom is -0.313 e. The highest BCUT2D eigenvalue weighted by Crippen LogP contribution is 2.20. The van der Waals surface area contributed by atoms with E-state index in [4.69, 9.17) is 0 Å². The number of piperidine rings is 1. The molecule has 2 rings (SSSR count). The molecule has 0 radical (unpaired) electrons. The molecule has 0 aromatic rings. The zero-order valence-electron chi connectivity index (χ0n) is 9.47. The molecule has 2 saturated heterocycles. The number of hydrogen-bond acceptors (Lipinski definition) is 2. The summed E-state index contributed by atoms with van der Waals surface area (Å²) in [5.74, 6) is 0. The molecule has 2 aliphatic heterocycles. The fourth-order valence-electron chi connectivity index (χ4n) is 2.96. The summed E-state index contributed by atoms with van der Waals surface area (Å²) in [5.41, 5.74) is 0. The molecule has 0 aliphatic carbocycles. The Morgan fingerprint density at radius 3 is 2.86 bits per heavy atom. The Morgan fingerprint density at radius 2 is 2.14 bits per heavy atom. The third kappa shape index (κ3) is 2.48. The molecule has 14 heavy (non-hydrogen) atoms. The first-order valence-corrected chi connectivity index (χ1v) is 6.37. The van der Waals surface area contributed by atoms with Gasteiger partial charge in [-0.05, 0) is 45.2 Å². The molecule has 0 aromatic carbocycles. The minimum absolute atomic E-state index is 0.794. The maximum atomic E-state index is 3.61. The van der Waals surface area contributed by atoms with Crippen molar-refractivity contribution in [2.24, 2.45) is 0 Å². The van der Waals surface area contributed by atoms with Gasteiger partial charge in [0.25, 0.3) is 0 Å². The van der Waals surface area contributed by atoms with E-state index >= 15 is 0 Å². The van der Waals surface area contributed by atoms with Gasteiger partial charge in [-0.1, -0.05) is 13.3 Å². The predicted molar refractivity (Wildman–Crippen MR) is 60.5 cm³/mol. The molecule has 2 nitrogen and oxygen atoms in total. The van der Waals surface area contributed by atoms with Crippen LogP contribution in [-0.2, 0) is 0 Å². The first kappa shape index (κ1) is 10.4. The van der Waals surface area contributed by atoms with E-state index in [2.05, 4.69) is 17.1 Å². The summed E-state index contributed by atoms with van der Waals surface area (Å²) in [5, 5.41) is 3.61. The molecule has 2 heteroatoms. The fourth-order valence-corrected chi connectivity index (χ4v) is 2.96. The lowest BCUT2D eigenvalue weighted by atomic mass is 9.99. The van der Waals surface area contributed by atoms with Gasteiger partial charge in [-0.15, -0.1) is 0 Å². The first-order valence-electron chi connectivity index (χ1n) is 6.37. The average molecular weight is 196 g/mol. The second kappa shape index (κ2) is 5.13. The second-order valence-electron chi connectivity index (χ2n) is 4.85. The molecule has 2 atom stereocenters. The number of nitrogens with one attached hydrogen (secondary N) is 1. The highest BCUT2D eigenvalue weighted by molar-refractivity contribution is 4.83. The largest absolute Gasteiger partial charge is 0.313 e. The Kier molecular flexibility index (Phi) is 3.82. The van der Waals surface area contributed by atoms with Gasteiger partial charge in [0.1, 0.15) is 0 Å². The molecule has 0 saturated carbocycles. The standard InChI is InChI=1S/C12H24N2/c1-2-12-7-3-4-9-14(12)10-11-6-5-8-13-11/h11-13H,2-10H2,1H3. The normalized spacial score (nSPS) is 34.9. The molecule has 82 valence electrons. The van der Waals surface area contributed by atoms with Gasteiger partial charge < -0.3 is 5.32 Å². The fraction of sp³-hybridized carbons (Fsp3) is 1.00. The van der Waals surface area contributed by atoms with Crippen LogP contribution in [0.5, 0.6) is 0 Å². The number of likely N-dealkylation sites (tertiary alicyclic amines) is 1. The molecule has 2 fully saturated rings. The predicted octanol–water partition coefficient (Wildman–Crippen LogP) is 2.00. The lowest BCUT2D eigenvalue weighted by molar-refractivity contribution is 0.132. The number of hydrogen-bond donors (Lipinski definition) is 1. The van der Waals surface area contributed by atoms with Gasteiger partial charge in [-0.3, -0.25) is 4.90 Å². The van der Waals surface area contributed by atoms with E-state index in [9.17, 15) is 0 Å². The molecule has 0 spiro atoms. The highest BCUT2D eigenvalue weighted by Gasteiger charge is 2.24. The summed E-state index contributed by atoms with van der Waals surface area (Å²) in [6, 6.07) is 1.67. The Bertz CT molecular complexity index is 164. The van der Waals surface area contributed by atoms with Gasteiger partial charge in [-0.25, -0.2) is 0 Å². The topological polar surface area (TPSA) is 15.3 Å². The summed E-state index contributed by atoms with van der Waals surface area (Å²) in [6.45, 7) is 6.23. The van der Waals surface area contributed by atoms with Crippen LogP contribution >= 0.6 is 0 Å². The van der Waals surface area contributed by atoms with Crippen LogP contribution in [0, 0.1) is 0 Å². The monoisotopic (exact) mass is 196 g/mol. The lowest BCUT2D eigenvalue weighted by Gasteiger charge is -2.36. The van der Waals surface area contributed by atoms with Crippen molar-refractivity contribution in [3.8, 4) is 0 Å². The second-order valence-corrected chi connectivity index (χ2v) is 4.85. The maximum Gasteiger partial charge on any atom is 0.0195 e. The van der Waals surface area contributed by atoms with Crippen LogP contribution in [-0.4, -0.2) is 36.6 Å². The minimum atomic E-state index is 0.794. The quantitative estimate of drug-likeness (QED) is 0.743. The lowest BCUT2D eigenvalue weighted by Crippen LogP contribution is -2.45. The van der Waals surface area contributed by atoms with Crippen LogP contribution in [0.25, 0.3) is 0 Å². The molecule has 0 aromatic heterocycles. The van der Waals surface area contributed by atoms with Crippen molar-refractivity contribution in [2.45, 2.75) is 57.5 Å². The first-order chi connectivity index (χ1) is 6.90. The van der Waals surface area contributed by atoms with Crippen LogP contribution in [0.4, 0.5) is 0 Å². The Hall–Kier alpha value is -0.0800. The third-order valence-electron chi connectivity index (χ3n) is 3.84. The third-order valence-corrected chi connectivity index (χ3v) is 3.84. The van der Waals surface area contributed by atoms with E-state index in [1.807, 2.05) is 0 Å². The molecule has 2 heterocycles. The van der Waals surface area contributed by atoms with Crippen LogP contribution < -0.4 is 5.32 Å². The van der Waals surface area contributed by atoms with E-state index < -0.39 is 0 Å². The van der Waals surface area contributed by atoms with Crippen molar-refractivity contribution >= 4 is 0 Å². The highest BCUT2D eigenvalue weighted by atomic mass is 15.2. The number of rotatable bonds is 3. The summed E-state index contributed by atoms with van der Waals surface area (Å²) >= 11 is 0. The average Bonchev–Trinajstić information content (AvgIpc) is 2.71.